The van der Waals surface area contributed by atoms with Crippen molar-refractivity contribution in [1.82, 2.24) is 4.98 Å². The Morgan fingerprint density at radius 2 is 2.04 bits per heavy atom. The third kappa shape index (κ3) is 4.19. The molecule has 1 aromatic heterocycles. The summed E-state index contributed by atoms with van der Waals surface area (Å²) in [5, 5.41) is 0. The molecule has 1 aliphatic rings. The summed E-state index contributed by atoms with van der Waals surface area (Å²) in [5.74, 6) is 0.665. The quantitative estimate of drug-likeness (QED) is 0.695. The average molecular weight is 414 g/mol. The molecule has 1 saturated heterocycles. The first-order valence-corrected chi connectivity index (χ1v) is 9.39. The molecule has 134 valence electrons. The van der Waals surface area contributed by atoms with Crippen molar-refractivity contribution in [3.05, 3.63) is 58.7 Å². The highest BCUT2D eigenvalue weighted by molar-refractivity contribution is 9.10. The number of benzene rings is 1. The largest absolute Gasteiger partial charge is 0.312 e. The lowest BCUT2D eigenvalue weighted by Crippen LogP contribution is -2.29. The van der Waals surface area contributed by atoms with Crippen LogP contribution in [-0.2, 0) is 9.59 Å². The predicted molar refractivity (Wildman–Crippen MR) is 107 cm³/mol. The molecule has 1 aliphatic heterocycles. The molecule has 26 heavy (non-hydrogen) atoms. The zero-order valence-corrected chi connectivity index (χ0v) is 16.1. The van der Waals surface area contributed by atoms with Crippen LogP contribution in [0.25, 0.3) is 6.08 Å². The molecule has 0 unspecified atom stereocenters. The summed E-state index contributed by atoms with van der Waals surface area (Å²) in [6.07, 6.45) is 6.52. The lowest BCUT2D eigenvalue weighted by atomic mass is 10.2. The number of amides is 2. The fourth-order valence-corrected chi connectivity index (χ4v) is 3.14. The van der Waals surface area contributed by atoms with E-state index < -0.39 is 0 Å². The van der Waals surface area contributed by atoms with Gasteiger partial charge in [-0.2, -0.15) is 0 Å². The number of nitrogens with zero attached hydrogens (tertiary/aromatic N) is 3. The van der Waals surface area contributed by atoms with Gasteiger partial charge in [0, 0.05) is 41.9 Å². The van der Waals surface area contributed by atoms with Gasteiger partial charge in [0.25, 0.3) is 5.91 Å². The number of rotatable bonds is 5. The highest BCUT2D eigenvalue weighted by Gasteiger charge is 2.21. The van der Waals surface area contributed by atoms with Crippen molar-refractivity contribution in [3.63, 3.8) is 0 Å². The molecule has 3 rings (SSSR count). The van der Waals surface area contributed by atoms with Gasteiger partial charge in [-0.15, -0.1) is 0 Å². The Morgan fingerprint density at radius 3 is 2.62 bits per heavy atom. The lowest BCUT2D eigenvalue weighted by Gasteiger charge is -2.18. The summed E-state index contributed by atoms with van der Waals surface area (Å²) < 4.78 is 0.872. The van der Waals surface area contributed by atoms with Gasteiger partial charge in [0.05, 0.1) is 0 Å². The van der Waals surface area contributed by atoms with E-state index in [2.05, 4.69) is 20.9 Å². The van der Waals surface area contributed by atoms with Crippen LogP contribution in [0.4, 0.5) is 11.5 Å². The van der Waals surface area contributed by atoms with Crippen molar-refractivity contribution in [2.45, 2.75) is 19.8 Å². The van der Waals surface area contributed by atoms with Gasteiger partial charge >= 0.3 is 0 Å². The van der Waals surface area contributed by atoms with Crippen LogP contribution in [0, 0.1) is 0 Å². The summed E-state index contributed by atoms with van der Waals surface area (Å²) in [7, 11) is 0. The van der Waals surface area contributed by atoms with Crippen molar-refractivity contribution >= 4 is 45.3 Å². The molecular weight excluding hydrogens is 394 g/mol. The molecule has 2 aromatic rings. The summed E-state index contributed by atoms with van der Waals surface area (Å²) in [5.41, 5.74) is 1.82. The van der Waals surface area contributed by atoms with Gasteiger partial charge in [0.15, 0.2) is 0 Å². The van der Waals surface area contributed by atoms with Crippen LogP contribution in [0.5, 0.6) is 0 Å². The van der Waals surface area contributed by atoms with Crippen molar-refractivity contribution in [1.29, 1.82) is 0 Å². The summed E-state index contributed by atoms with van der Waals surface area (Å²) in [4.78, 5) is 32.0. The van der Waals surface area contributed by atoms with Gasteiger partial charge in [0.2, 0.25) is 5.91 Å². The molecule has 1 aromatic carbocycles. The van der Waals surface area contributed by atoms with E-state index in [1.165, 1.54) is 0 Å². The van der Waals surface area contributed by atoms with Gasteiger partial charge in [0.1, 0.15) is 5.82 Å². The minimum absolute atomic E-state index is 0.124. The van der Waals surface area contributed by atoms with Crippen molar-refractivity contribution < 1.29 is 9.59 Å². The monoisotopic (exact) mass is 413 g/mol. The van der Waals surface area contributed by atoms with Crippen molar-refractivity contribution in [3.8, 4) is 0 Å². The van der Waals surface area contributed by atoms with E-state index in [4.69, 9.17) is 0 Å². The number of aromatic nitrogens is 1. The van der Waals surface area contributed by atoms with Crippen LogP contribution in [0.15, 0.2) is 53.1 Å². The number of carbonyl (C=O) groups is 2. The van der Waals surface area contributed by atoms with E-state index in [9.17, 15) is 9.59 Å². The summed E-state index contributed by atoms with van der Waals surface area (Å²) in [6, 6.07) is 11.3. The second-order valence-corrected chi connectivity index (χ2v) is 6.91. The van der Waals surface area contributed by atoms with Crippen LogP contribution < -0.4 is 9.80 Å². The van der Waals surface area contributed by atoms with Gasteiger partial charge in [-0.1, -0.05) is 12.1 Å². The highest BCUT2D eigenvalue weighted by atomic mass is 79.9. The first-order chi connectivity index (χ1) is 12.6. The second kappa shape index (κ2) is 8.27. The SMILES string of the molecule is CCN(C(=O)/C=C/c1ccc(N2CCCC2=O)cc1)c1ccc(Br)cn1. The van der Waals surface area contributed by atoms with E-state index >= 15 is 0 Å². The average Bonchev–Trinajstić information content (AvgIpc) is 3.08. The topological polar surface area (TPSA) is 53.5 Å². The fourth-order valence-electron chi connectivity index (χ4n) is 2.90. The van der Waals surface area contributed by atoms with E-state index in [1.54, 1.807) is 34.2 Å². The third-order valence-electron chi connectivity index (χ3n) is 4.27. The zero-order valence-electron chi connectivity index (χ0n) is 14.6. The van der Waals surface area contributed by atoms with Gasteiger partial charge < -0.3 is 4.90 Å². The molecule has 0 bridgehead atoms. The molecule has 2 amide bonds. The maximum Gasteiger partial charge on any atom is 0.252 e. The fraction of sp³-hybridized carbons (Fsp3) is 0.250. The van der Waals surface area contributed by atoms with E-state index in [0.29, 0.717) is 18.8 Å². The number of halogens is 1. The van der Waals surface area contributed by atoms with Crippen LogP contribution in [-0.4, -0.2) is 29.9 Å². The molecule has 0 atom stereocenters. The predicted octanol–water partition coefficient (Wildman–Crippen LogP) is 4.04. The van der Waals surface area contributed by atoms with Crippen LogP contribution in [0.3, 0.4) is 0 Å². The number of hydrogen-bond acceptors (Lipinski definition) is 3. The molecule has 0 spiro atoms. The minimum atomic E-state index is -0.124. The second-order valence-electron chi connectivity index (χ2n) is 5.99. The molecule has 6 heteroatoms. The Balaban J connectivity index is 1.69. The highest BCUT2D eigenvalue weighted by Crippen LogP contribution is 2.22. The molecular formula is C20H20BrN3O2. The maximum absolute atomic E-state index is 12.5. The van der Waals surface area contributed by atoms with E-state index in [1.807, 2.05) is 37.3 Å². The molecule has 1 fully saturated rings. The Kier molecular flexibility index (Phi) is 5.83. The number of likely N-dealkylation sites (N-methyl/N-ethyl adjacent to an activating group) is 1. The molecule has 2 heterocycles. The number of anilines is 2. The molecule has 0 N–H and O–H groups in total. The number of pyridine rings is 1. The number of hydrogen-bond donors (Lipinski definition) is 0. The smallest absolute Gasteiger partial charge is 0.252 e. The number of carbonyl (C=O) groups excluding carboxylic acids is 2. The first kappa shape index (κ1) is 18.3. The zero-order chi connectivity index (χ0) is 18.5. The van der Waals surface area contributed by atoms with Crippen molar-refractivity contribution in [2.24, 2.45) is 0 Å². The summed E-state index contributed by atoms with van der Waals surface area (Å²) >= 11 is 3.34. The third-order valence-corrected chi connectivity index (χ3v) is 4.74. The van der Waals surface area contributed by atoms with Crippen LogP contribution in [0.1, 0.15) is 25.3 Å². The Morgan fingerprint density at radius 1 is 1.27 bits per heavy atom. The first-order valence-electron chi connectivity index (χ1n) is 8.60. The lowest BCUT2D eigenvalue weighted by molar-refractivity contribution is -0.117. The molecule has 5 nitrogen and oxygen atoms in total. The van der Waals surface area contributed by atoms with Gasteiger partial charge in [-0.05, 0) is 65.2 Å². The Hall–Kier alpha value is -2.47. The van der Waals surface area contributed by atoms with Crippen molar-refractivity contribution in [2.75, 3.05) is 22.9 Å². The molecule has 0 radical (unpaired) electrons. The van der Waals surface area contributed by atoms with Crippen LogP contribution >= 0.6 is 15.9 Å². The van der Waals surface area contributed by atoms with E-state index in [0.717, 1.165) is 28.7 Å². The summed E-state index contributed by atoms with van der Waals surface area (Å²) in [6.45, 7) is 3.23. The minimum Gasteiger partial charge on any atom is -0.312 e. The normalized spacial score (nSPS) is 14.2. The molecule has 0 saturated carbocycles. The maximum atomic E-state index is 12.5. The van der Waals surface area contributed by atoms with Gasteiger partial charge in [-0.3, -0.25) is 14.5 Å². The van der Waals surface area contributed by atoms with Crippen LogP contribution in [0.2, 0.25) is 0 Å². The van der Waals surface area contributed by atoms with E-state index in [-0.39, 0.29) is 11.8 Å². The standard InChI is InChI=1S/C20H20BrN3O2/c1-2-23(18-11-8-16(21)14-22-18)20(26)12-7-15-5-9-17(10-6-15)24-13-3-4-19(24)25/h5-12,14H,2-4,13H2,1H3/b12-7+. The van der Waals surface area contributed by atoms with Gasteiger partial charge in [-0.25, -0.2) is 4.98 Å². The Bertz CT molecular complexity index is 816. The molecule has 0 aliphatic carbocycles. The Labute approximate surface area is 161 Å².